The lowest BCUT2D eigenvalue weighted by molar-refractivity contribution is -0.133. The second-order valence-electron chi connectivity index (χ2n) is 4.83. The minimum atomic E-state index is 0.155. The molecular weight excluding hydrogens is 176 g/mol. The first-order chi connectivity index (χ1) is 6.55. The van der Waals surface area contributed by atoms with Crippen molar-refractivity contribution in [3.8, 4) is 0 Å². The molecule has 0 aromatic heterocycles. The third-order valence-corrected chi connectivity index (χ3v) is 3.06. The molecule has 0 aromatic carbocycles. The van der Waals surface area contributed by atoms with Crippen molar-refractivity contribution in [2.45, 2.75) is 33.6 Å². The zero-order valence-corrected chi connectivity index (χ0v) is 9.60. The molecule has 3 nitrogen and oxygen atoms in total. The second kappa shape index (κ2) is 4.78. The average Bonchev–Trinajstić information content (AvgIpc) is 2.19. The Balaban J connectivity index is 2.40. The fourth-order valence-corrected chi connectivity index (χ4v) is 1.56. The fraction of sp³-hybridized carbons (Fsp3) is 0.909. The smallest absolute Gasteiger partial charge is 0.223 e. The standard InChI is InChI=1S/C11H22N2O/c1-4-11(2,3)9-10(14)13-7-5-12-6-8-13/h12H,4-9H2,1-3H3. The van der Waals surface area contributed by atoms with Crippen LogP contribution in [0.4, 0.5) is 0 Å². The largest absolute Gasteiger partial charge is 0.340 e. The normalized spacial score (nSPS) is 18.4. The highest BCUT2D eigenvalue weighted by Crippen LogP contribution is 2.25. The van der Waals surface area contributed by atoms with Crippen molar-refractivity contribution in [1.29, 1.82) is 0 Å². The molecular formula is C11H22N2O. The predicted molar refractivity (Wildman–Crippen MR) is 58.1 cm³/mol. The SMILES string of the molecule is CCC(C)(C)CC(=O)N1CCNCC1. The van der Waals surface area contributed by atoms with Gasteiger partial charge in [-0.05, 0) is 5.41 Å². The highest BCUT2D eigenvalue weighted by atomic mass is 16.2. The van der Waals surface area contributed by atoms with E-state index in [0.29, 0.717) is 12.3 Å². The van der Waals surface area contributed by atoms with Gasteiger partial charge in [-0.15, -0.1) is 0 Å². The van der Waals surface area contributed by atoms with Gasteiger partial charge in [0.1, 0.15) is 0 Å². The first-order valence-corrected chi connectivity index (χ1v) is 5.54. The Morgan fingerprint density at radius 1 is 1.36 bits per heavy atom. The number of nitrogens with zero attached hydrogens (tertiary/aromatic N) is 1. The van der Waals surface area contributed by atoms with E-state index in [1.165, 1.54) is 0 Å². The van der Waals surface area contributed by atoms with Crippen LogP contribution in [-0.2, 0) is 4.79 Å². The molecule has 14 heavy (non-hydrogen) atoms. The van der Waals surface area contributed by atoms with Crippen molar-refractivity contribution in [2.24, 2.45) is 5.41 Å². The lowest BCUT2D eigenvalue weighted by Gasteiger charge is -2.31. The topological polar surface area (TPSA) is 32.3 Å². The zero-order valence-electron chi connectivity index (χ0n) is 9.60. The van der Waals surface area contributed by atoms with E-state index in [2.05, 4.69) is 26.1 Å². The molecule has 1 amide bonds. The van der Waals surface area contributed by atoms with Gasteiger partial charge in [0.2, 0.25) is 5.91 Å². The van der Waals surface area contributed by atoms with Gasteiger partial charge in [0.15, 0.2) is 0 Å². The van der Waals surface area contributed by atoms with Gasteiger partial charge in [0.05, 0.1) is 0 Å². The molecule has 0 radical (unpaired) electrons. The van der Waals surface area contributed by atoms with Crippen LogP contribution in [0.15, 0.2) is 0 Å². The number of nitrogens with one attached hydrogen (secondary N) is 1. The summed E-state index contributed by atoms with van der Waals surface area (Å²) in [6, 6.07) is 0. The quantitative estimate of drug-likeness (QED) is 0.740. The maximum Gasteiger partial charge on any atom is 0.223 e. The van der Waals surface area contributed by atoms with E-state index in [1.807, 2.05) is 4.90 Å². The molecule has 1 N–H and O–H groups in total. The van der Waals surface area contributed by atoms with Gasteiger partial charge in [-0.1, -0.05) is 27.2 Å². The van der Waals surface area contributed by atoms with Gasteiger partial charge in [0, 0.05) is 32.6 Å². The van der Waals surface area contributed by atoms with E-state index in [4.69, 9.17) is 0 Å². The highest BCUT2D eigenvalue weighted by Gasteiger charge is 2.24. The Kier molecular flexibility index (Phi) is 3.93. The Morgan fingerprint density at radius 3 is 2.43 bits per heavy atom. The number of rotatable bonds is 3. The van der Waals surface area contributed by atoms with Crippen LogP contribution >= 0.6 is 0 Å². The summed E-state index contributed by atoms with van der Waals surface area (Å²) in [5, 5.41) is 3.25. The molecule has 0 spiro atoms. The van der Waals surface area contributed by atoms with E-state index in [1.54, 1.807) is 0 Å². The molecule has 1 aliphatic heterocycles. The van der Waals surface area contributed by atoms with Gasteiger partial charge in [-0.3, -0.25) is 4.79 Å². The Morgan fingerprint density at radius 2 is 1.93 bits per heavy atom. The summed E-state index contributed by atoms with van der Waals surface area (Å²) in [5.41, 5.74) is 0.155. The molecule has 0 unspecified atom stereocenters. The van der Waals surface area contributed by atoms with Crippen LogP contribution in [0.5, 0.6) is 0 Å². The van der Waals surface area contributed by atoms with Gasteiger partial charge >= 0.3 is 0 Å². The van der Waals surface area contributed by atoms with Crippen molar-refractivity contribution < 1.29 is 4.79 Å². The molecule has 0 saturated carbocycles. The number of hydrogen-bond donors (Lipinski definition) is 1. The van der Waals surface area contributed by atoms with E-state index < -0.39 is 0 Å². The Labute approximate surface area is 86.9 Å². The molecule has 0 aromatic rings. The zero-order chi connectivity index (χ0) is 10.6. The molecule has 1 rings (SSSR count). The van der Waals surface area contributed by atoms with Gasteiger partial charge in [-0.25, -0.2) is 0 Å². The molecule has 82 valence electrons. The highest BCUT2D eigenvalue weighted by molar-refractivity contribution is 5.77. The molecule has 1 fully saturated rings. The van der Waals surface area contributed by atoms with Crippen LogP contribution in [0.3, 0.4) is 0 Å². The van der Waals surface area contributed by atoms with Crippen LogP contribution in [0.1, 0.15) is 33.6 Å². The molecule has 0 bridgehead atoms. The first-order valence-electron chi connectivity index (χ1n) is 5.54. The van der Waals surface area contributed by atoms with Crippen molar-refractivity contribution in [3.63, 3.8) is 0 Å². The van der Waals surface area contributed by atoms with E-state index in [9.17, 15) is 4.79 Å². The average molecular weight is 198 g/mol. The summed E-state index contributed by atoms with van der Waals surface area (Å²) < 4.78 is 0. The predicted octanol–water partition coefficient (Wildman–Crippen LogP) is 1.24. The monoisotopic (exact) mass is 198 g/mol. The van der Waals surface area contributed by atoms with Gasteiger partial charge < -0.3 is 10.2 Å². The summed E-state index contributed by atoms with van der Waals surface area (Å²) in [7, 11) is 0. The van der Waals surface area contributed by atoms with Crippen molar-refractivity contribution in [3.05, 3.63) is 0 Å². The first kappa shape index (κ1) is 11.5. The number of carbonyl (C=O) groups is 1. The molecule has 1 heterocycles. The van der Waals surface area contributed by atoms with Crippen LogP contribution in [0, 0.1) is 5.41 Å². The maximum absolute atomic E-state index is 11.9. The Bertz CT molecular complexity index is 195. The fourth-order valence-electron chi connectivity index (χ4n) is 1.56. The van der Waals surface area contributed by atoms with Crippen LogP contribution in [0.2, 0.25) is 0 Å². The van der Waals surface area contributed by atoms with Crippen LogP contribution < -0.4 is 5.32 Å². The Hall–Kier alpha value is -0.570. The summed E-state index contributed by atoms with van der Waals surface area (Å²) in [6.45, 7) is 10.1. The maximum atomic E-state index is 11.9. The van der Waals surface area contributed by atoms with E-state index in [0.717, 1.165) is 32.6 Å². The summed E-state index contributed by atoms with van der Waals surface area (Å²) >= 11 is 0. The van der Waals surface area contributed by atoms with E-state index in [-0.39, 0.29) is 5.41 Å². The van der Waals surface area contributed by atoms with Crippen molar-refractivity contribution in [1.82, 2.24) is 10.2 Å². The third kappa shape index (κ3) is 3.29. The second-order valence-corrected chi connectivity index (χ2v) is 4.83. The third-order valence-electron chi connectivity index (χ3n) is 3.06. The molecule has 0 atom stereocenters. The molecule has 1 saturated heterocycles. The summed E-state index contributed by atoms with van der Waals surface area (Å²) in [6.07, 6.45) is 1.74. The molecule has 0 aliphatic carbocycles. The minimum Gasteiger partial charge on any atom is -0.340 e. The number of hydrogen-bond acceptors (Lipinski definition) is 2. The van der Waals surface area contributed by atoms with Crippen LogP contribution in [-0.4, -0.2) is 37.0 Å². The van der Waals surface area contributed by atoms with Crippen molar-refractivity contribution >= 4 is 5.91 Å². The van der Waals surface area contributed by atoms with Gasteiger partial charge in [0.25, 0.3) is 0 Å². The minimum absolute atomic E-state index is 0.155. The number of carbonyl (C=O) groups excluding carboxylic acids is 1. The number of piperazine rings is 1. The van der Waals surface area contributed by atoms with Gasteiger partial charge in [-0.2, -0.15) is 0 Å². The molecule has 1 aliphatic rings. The summed E-state index contributed by atoms with van der Waals surface area (Å²) in [4.78, 5) is 13.9. The lowest BCUT2D eigenvalue weighted by Crippen LogP contribution is -2.47. The molecule has 3 heteroatoms. The van der Waals surface area contributed by atoms with Crippen LogP contribution in [0.25, 0.3) is 0 Å². The summed E-state index contributed by atoms with van der Waals surface area (Å²) in [5.74, 6) is 0.318. The lowest BCUT2D eigenvalue weighted by atomic mass is 9.86. The van der Waals surface area contributed by atoms with E-state index >= 15 is 0 Å². The van der Waals surface area contributed by atoms with Crippen molar-refractivity contribution in [2.75, 3.05) is 26.2 Å². The number of amides is 1.